The summed E-state index contributed by atoms with van der Waals surface area (Å²) in [7, 11) is 0. The number of nitrogens with zero attached hydrogens (tertiary/aromatic N) is 1. The first-order valence-corrected chi connectivity index (χ1v) is 7.03. The van der Waals surface area contributed by atoms with Crippen LogP contribution in [-0.4, -0.2) is 47.7 Å². The molecule has 0 bridgehead atoms. The molecule has 5 nitrogen and oxygen atoms in total. The van der Waals surface area contributed by atoms with Gasteiger partial charge in [-0.05, 0) is 46.5 Å². The lowest BCUT2D eigenvalue weighted by molar-refractivity contribution is -0.165. The van der Waals surface area contributed by atoms with E-state index in [9.17, 15) is 9.59 Å². The van der Waals surface area contributed by atoms with Gasteiger partial charge in [0.2, 0.25) is 0 Å². The van der Waals surface area contributed by atoms with Gasteiger partial charge in [0.25, 0.3) is 5.91 Å². The van der Waals surface area contributed by atoms with Crippen molar-refractivity contribution < 1.29 is 19.1 Å². The van der Waals surface area contributed by atoms with Crippen LogP contribution in [0.15, 0.2) is 0 Å². The van der Waals surface area contributed by atoms with Crippen molar-refractivity contribution in [2.75, 3.05) is 13.2 Å². The van der Waals surface area contributed by atoms with Gasteiger partial charge in [0.05, 0.1) is 0 Å². The van der Waals surface area contributed by atoms with Crippen molar-refractivity contribution >= 4 is 11.9 Å². The van der Waals surface area contributed by atoms with Crippen molar-refractivity contribution in [1.29, 1.82) is 0 Å². The van der Waals surface area contributed by atoms with E-state index in [0.717, 1.165) is 19.3 Å². The van der Waals surface area contributed by atoms with E-state index < -0.39 is 11.6 Å². The Labute approximate surface area is 114 Å². The molecule has 1 amide bonds. The van der Waals surface area contributed by atoms with E-state index in [-0.39, 0.29) is 18.0 Å². The maximum Gasteiger partial charge on any atom is 0.329 e. The number of amides is 1. The highest BCUT2D eigenvalue weighted by molar-refractivity contribution is 5.87. The second-order valence-corrected chi connectivity index (χ2v) is 6.22. The Morgan fingerprint density at radius 2 is 1.95 bits per heavy atom. The molecule has 19 heavy (non-hydrogen) atoms. The van der Waals surface area contributed by atoms with Crippen molar-refractivity contribution in [2.45, 2.75) is 64.2 Å². The molecule has 5 heteroatoms. The van der Waals surface area contributed by atoms with Crippen LogP contribution in [0.4, 0.5) is 0 Å². The quantitative estimate of drug-likeness (QED) is 0.713. The van der Waals surface area contributed by atoms with E-state index in [2.05, 4.69) is 0 Å². The van der Waals surface area contributed by atoms with Crippen molar-refractivity contribution in [3.05, 3.63) is 0 Å². The molecule has 0 spiro atoms. The highest BCUT2D eigenvalue weighted by Gasteiger charge is 2.40. The molecule has 2 saturated heterocycles. The topological polar surface area (TPSA) is 55.8 Å². The summed E-state index contributed by atoms with van der Waals surface area (Å²) in [6.45, 7) is 6.79. The summed E-state index contributed by atoms with van der Waals surface area (Å²) in [5.74, 6) is -0.345. The minimum Gasteiger partial charge on any atom is -0.458 e. The third-order valence-electron chi connectivity index (χ3n) is 3.42. The average molecular weight is 269 g/mol. The molecule has 2 aliphatic rings. The smallest absolute Gasteiger partial charge is 0.329 e. The van der Waals surface area contributed by atoms with Gasteiger partial charge in [-0.15, -0.1) is 0 Å². The Morgan fingerprint density at radius 3 is 2.53 bits per heavy atom. The van der Waals surface area contributed by atoms with E-state index in [1.807, 2.05) is 20.8 Å². The fourth-order valence-electron chi connectivity index (χ4n) is 2.60. The summed E-state index contributed by atoms with van der Waals surface area (Å²) in [5.41, 5.74) is -0.516. The first-order chi connectivity index (χ1) is 8.88. The third kappa shape index (κ3) is 3.47. The second kappa shape index (κ2) is 5.49. The lowest BCUT2D eigenvalue weighted by Crippen LogP contribution is -2.47. The van der Waals surface area contributed by atoms with Crippen LogP contribution in [0, 0.1) is 0 Å². The number of ether oxygens (including phenoxy) is 2. The van der Waals surface area contributed by atoms with Gasteiger partial charge < -0.3 is 14.4 Å². The van der Waals surface area contributed by atoms with Gasteiger partial charge in [0, 0.05) is 13.2 Å². The third-order valence-corrected chi connectivity index (χ3v) is 3.42. The molecule has 2 fully saturated rings. The zero-order valence-corrected chi connectivity index (χ0v) is 12.0. The summed E-state index contributed by atoms with van der Waals surface area (Å²) >= 11 is 0. The minimum absolute atomic E-state index is 0.0501. The molecule has 0 radical (unpaired) electrons. The van der Waals surface area contributed by atoms with Crippen molar-refractivity contribution in [1.82, 2.24) is 4.90 Å². The fraction of sp³-hybridized carbons (Fsp3) is 0.857. The van der Waals surface area contributed by atoms with Gasteiger partial charge in [-0.3, -0.25) is 4.79 Å². The Balaban J connectivity index is 2.00. The number of rotatable bonds is 2. The molecule has 2 rings (SSSR count). The number of likely N-dealkylation sites (tertiary alicyclic amines) is 1. The maximum absolute atomic E-state index is 12.3. The zero-order valence-electron chi connectivity index (χ0n) is 12.0. The summed E-state index contributed by atoms with van der Waals surface area (Å²) in [6.07, 6.45) is 2.86. The Bertz CT molecular complexity index is 355. The molecule has 2 heterocycles. The molecule has 0 aliphatic carbocycles. The summed E-state index contributed by atoms with van der Waals surface area (Å²) in [6, 6.07) is -0.434. The second-order valence-electron chi connectivity index (χ2n) is 6.22. The van der Waals surface area contributed by atoms with Crippen molar-refractivity contribution in [2.24, 2.45) is 0 Å². The first-order valence-electron chi connectivity index (χ1n) is 7.03. The Kier molecular flexibility index (Phi) is 4.13. The Morgan fingerprint density at radius 1 is 1.21 bits per heavy atom. The lowest BCUT2D eigenvalue weighted by atomic mass is 10.1. The van der Waals surface area contributed by atoms with E-state index in [1.54, 1.807) is 4.90 Å². The highest BCUT2D eigenvalue weighted by atomic mass is 16.6. The molecule has 0 N–H and O–H groups in total. The number of hydrogen-bond acceptors (Lipinski definition) is 4. The van der Waals surface area contributed by atoms with E-state index in [0.29, 0.717) is 19.6 Å². The van der Waals surface area contributed by atoms with Crippen LogP contribution in [0.5, 0.6) is 0 Å². The molecule has 2 atom stereocenters. The zero-order chi connectivity index (χ0) is 14.0. The van der Waals surface area contributed by atoms with E-state index in [1.165, 1.54) is 0 Å². The molecule has 108 valence electrons. The molecule has 0 saturated carbocycles. The molecular formula is C14H23NO4. The van der Waals surface area contributed by atoms with Crippen molar-refractivity contribution in [3.8, 4) is 0 Å². The van der Waals surface area contributed by atoms with E-state index >= 15 is 0 Å². The Hall–Kier alpha value is -1.10. The average Bonchev–Trinajstić information content (AvgIpc) is 2.97. The number of esters is 1. The van der Waals surface area contributed by atoms with Crippen molar-refractivity contribution in [3.63, 3.8) is 0 Å². The van der Waals surface area contributed by atoms with Crippen LogP contribution in [0.25, 0.3) is 0 Å². The predicted octanol–water partition coefficient (Wildman–Crippen LogP) is 1.50. The maximum atomic E-state index is 12.3. The normalized spacial score (nSPS) is 27.6. The number of carbonyl (C=O) groups excluding carboxylic acids is 2. The molecule has 0 aromatic carbocycles. The van der Waals surface area contributed by atoms with Crippen LogP contribution in [0.3, 0.4) is 0 Å². The van der Waals surface area contributed by atoms with Gasteiger partial charge in [-0.2, -0.15) is 0 Å². The van der Waals surface area contributed by atoms with Gasteiger partial charge in [0.1, 0.15) is 17.7 Å². The van der Waals surface area contributed by atoms with Crippen LogP contribution in [-0.2, 0) is 19.1 Å². The van der Waals surface area contributed by atoms with Crippen LogP contribution in [0.1, 0.15) is 46.5 Å². The predicted molar refractivity (Wildman–Crippen MR) is 69.6 cm³/mol. The SMILES string of the molecule is CC(C)(C)OC(=O)[C@@H]1CCCN1C(=O)[C@H]1CCCO1. The van der Waals surface area contributed by atoms with Crippen LogP contribution in [0.2, 0.25) is 0 Å². The molecule has 0 aromatic rings. The molecule has 2 aliphatic heterocycles. The minimum atomic E-state index is -0.516. The number of carbonyl (C=O) groups is 2. The largest absolute Gasteiger partial charge is 0.458 e. The van der Waals surface area contributed by atoms with Gasteiger partial charge in [0.15, 0.2) is 0 Å². The summed E-state index contributed by atoms with van der Waals surface area (Å²) in [4.78, 5) is 26.1. The summed E-state index contributed by atoms with van der Waals surface area (Å²) in [5, 5.41) is 0. The standard InChI is InChI=1S/C14H23NO4/c1-14(2,3)19-13(17)10-6-4-8-15(10)12(16)11-7-5-9-18-11/h10-11H,4-9H2,1-3H3/t10-,11+/m0/s1. The molecular weight excluding hydrogens is 246 g/mol. The summed E-state index contributed by atoms with van der Waals surface area (Å²) < 4.78 is 10.8. The molecule has 0 unspecified atom stereocenters. The van der Waals surface area contributed by atoms with Gasteiger partial charge in [-0.1, -0.05) is 0 Å². The van der Waals surface area contributed by atoms with Gasteiger partial charge >= 0.3 is 5.97 Å². The first kappa shape index (κ1) is 14.3. The lowest BCUT2D eigenvalue weighted by Gasteiger charge is -2.28. The number of hydrogen-bond donors (Lipinski definition) is 0. The van der Waals surface area contributed by atoms with Gasteiger partial charge in [-0.25, -0.2) is 4.79 Å². The molecule has 0 aromatic heterocycles. The van der Waals surface area contributed by atoms with Crippen LogP contribution < -0.4 is 0 Å². The fourth-order valence-corrected chi connectivity index (χ4v) is 2.60. The monoisotopic (exact) mass is 269 g/mol. The van der Waals surface area contributed by atoms with Crippen LogP contribution >= 0.6 is 0 Å². The van der Waals surface area contributed by atoms with E-state index in [4.69, 9.17) is 9.47 Å². The highest BCUT2D eigenvalue weighted by Crippen LogP contribution is 2.24.